The second kappa shape index (κ2) is 2.85. The summed E-state index contributed by atoms with van der Waals surface area (Å²) in [7, 11) is 0. The first-order valence-electron chi connectivity index (χ1n) is 5.60. The Morgan fingerprint density at radius 1 is 1.07 bits per heavy atom. The molecular formula is C14H20. The molecule has 0 fully saturated rings. The van der Waals surface area contributed by atoms with Gasteiger partial charge in [0.05, 0.1) is 0 Å². The van der Waals surface area contributed by atoms with E-state index in [1.807, 2.05) is 0 Å². The Morgan fingerprint density at radius 3 is 2.21 bits per heavy atom. The van der Waals surface area contributed by atoms with Gasteiger partial charge in [0.25, 0.3) is 0 Å². The molecule has 2 rings (SSSR count). The van der Waals surface area contributed by atoms with Crippen LogP contribution in [0.5, 0.6) is 0 Å². The van der Waals surface area contributed by atoms with Gasteiger partial charge in [-0.1, -0.05) is 52.0 Å². The average molecular weight is 188 g/mol. The smallest absolute Gasteiger partial charge is 0.00667 e. The molecule has 0 aliphatic heterocycles. The molecule has 0 N–H and O–H groups in total. The highest BCUT2D eigenvalue weighted by Crippen LogP contribution is 2.50. The molecule has 0 amide bonds. The third-order valence-corrected chi connectivity index (χ3v) is 3.92. The quantitative estimate of drug-likeness (QED) is 0.624. The predicted octanol–water partition coefficient (Wildman–Crippen LogP) is 4.04. The van der Waals surface area contributed by atoms with Crippen LogP contribution in [0.4, 0.5) is 0 Å². The van der Waals surface area contributed by atoms with E-state index in [-0.39, 0.29) is 0 Å². The number of hydrogen-bond acceptors (Lipinski definition) is 0. The molecule has 1 aromatic rings. The van der Waals surface area contributed by atoms with E-state index >= 15 is 0 Å². The van der Waals surface area contributed by atoms with Gasteiger partial charge < -0.3 is 0 Å². The van der Waals surface area contributed by atoms with Crippen molar-refractivity contribution in [2.45, 2.75) is 51.4 Å². The molecule has 0 saturated heterocycles. The van der Waals surface area contributed by atoms with Crippen molar-refractivity contribution < 1.29 is 0 Å². The molecule has 0 radical (unpaired) electrons. The monoisotopic (exact) mass is 188 g/mol. The maximum atomic E-state index is 2.40. The Morgan fingerprint density at radius 2 is 1.64 bits per heavy atom. The van der Waals surface area contributed by atoms with Gasteiger partial charge in [-0.15, -0.1) is 0 Å². The predicted molar refractivity (Wildman–Crippen MR) is 61.7 cm³/mol. The third-order valence-electron chi connectivity index (χ3n) is 3.92. The average Bonchev–Trinajstić information content (AvgIpc) is 2.37. The zero-order chi connectivity index (χ0) is 10.4. The Labute approximate surface area is 87.3 Å². The van der Waals surface area contributed by atoms with Gasteiger partial charge in [-0.25, -0.2) is 0 Å². The summed E-state index contributed by atoms with van der Waals surface area (Å²) in [5.74, 6) is 0. The lowest BCUT2D eigenvalue weighted by molar-refractivity contribution is 0.367. The topological polar surface area (TPSA) is 0 Å². The molecule has 1 aliphatic rings. The van der Waals surface area contributed by atoms with E-state index in [2.05, 4.69) is 52.0 Å². The molecule has 0 heteroatoms. The molecular weight excluding hydrogens is 168 g/mol. The van der Waals surface area contributed by atoms with Crippen molar-refractivity contribution in [3.05, 3.63) is 35.4 Å². The molecule has 0 bridgehead atoms. The molecule has 0 nitrogen and oxygen atoms in total. The SMILES string of the molecule is CC[C@]1(C)CC(C)(C)c2ccccc21. The van der Waals surface area contributed by atoms with Gasteiger partial charge in [0.15, 0.2) is 0 Å². The van der Waals surface area contributed by atoms with Crippen molar-refractivity contribution in [2.75, 3.05) is 0 Å². The van der Waals surface area contributed by atoms with E-state index in [4.69, 9.17) is 0 Å². The first-order chi connectivity index (χ1) is 6.49. The second-order valence-electron chi connectivity index (χ2n) is 5.52. The van der Waals surface area contributed by atoms with Crippen molar-refractivity contribution in [1.82, 2.24) is 0 Å². The summed E-state index contributed by atoms with van der Waals surface area (Å²) in [6.45, 7) is 9.44. The van der Waals surface area contributed by atoms with Crippen molar-refractivity contribution in [1.29, 1.82) is 0 Å². The van der Waals surface area contributed by atoms with Gasteiger partial charge in [-0.2, -0.15) is 0 Å². The van der Waals surface area contributed by atoms with Crippen LogP contribution < -0.4 is 0 Å². The summed E-state index contributed by atoms with van der Waals surface area (Å²) in [5, 5.41) is 0. The zero-order valence-corrected chi connectivity index (χ0v) is 9.72. The van der Waals surface area contributed by atoms with Crippen molar-refractivity contribution >= 4 is 0 Å². The first-order valence-corrected chi connectivity index (χ1v) is 5.60. The highest BCUT2D eigenvalue weighted by Gasteiger charge is 2.42. The fraction of sp³-hybridized carbons (Fsp3) is 0.571. The third kappa shape index (κ3) is 1.20. The van der Waals surface area contributed by atoms with Crippen LogP contribution in [0.25, 0.3) is 0 Å². The van der Waals surface area contributed by atoms with Gasteiger partial charge in [0, 0.05) is 0 Å². The normalized spacial score (nSPS) is 28.9. The molecule has 1 aromatic carbocycles. The van der Waals surface area contributed by atoms with Crippen molar-refractivity contribution in [3.63, 3.8) is 0 Å². The summed E-state index contributed by atoms with van der Waals surface area (Å²) in [6, 6.07) is 8.96. The van der Waals surface area contributed by atoms with Crippen LogP contribution in [0.3, 0.4) is 0 Å². The second-order valence-corrected chi connectivity index (χ2v) is 5.52. The molecule has 0 aromatic heterocycles. The van der Waals surface area contributed by atoms with Crippen LogP contribution in [-0.4, -0.2) is 0 Å². The van der Waals surface area contributed by atoms with Crippen LogP contribution in [0.15, 0.2) is 24.3 Å². The Balaban J connectivity index is 2.60. The molecule has 76 valence electrons. The summed E-state index contributed by atoms with van der Waals surface area (Å²) < 4.78 is 0. The van der Waals surface area contributed by atoms with E-state index < -0.39 is 0 Å². The number of rotatable bonds is 1. The fourth-order valence-corrected chi connectivity index (χ4v) is 3.08. The molecule has 0 saturated carbocycles. The Hall–Kier alpha value is -0.780. The molecule has 0 spiro atoms. The van der Waals surface area contributed by atoms with E-state index in [9.17, 15) is 0 Å². The minimum absolute atomic E-state index is 0.362. The number of benzene rings is 1. The van der Waals surface area contributed by atoms with Gasteiger partial charge in [0.2, 0.25) is 0 Å². The summed E-state index contributed by atoms with van der Waals surface area (Å²) >= 11 is 0. The fourth-order valence-electron chi connectivity index (χ4n) is 3.08. The molecule has 1 atom stereocenters. The Kier molecular flexibility index (Phi) is 1.99. The molecule has 0 heterocycles. The van der Waals surface area contributed by atoms with E-state index in [1.165, 1.54) is 12.8 Å². The van der Waals surface area contributed by atoms with Gasteiger partial charge in [-0.3, -0.25) is 0 Å². The van der Waals surface area contributed by atoms with Gasteiger partial charge in [-0.05, 0) is 34.8 Å². The van der Waals surface area contributed by atoms with Gasteiger partial charge >= 0.3 is 0 Å². The van der Waals surface area contributed by atoms with Crippen molar-refractivity contribution in [3.8, 4) is 0 Å². The number of fused-ring (bicyclic) bond motifs is 1. The standard InChI is InChI=1S/C14H20/c1-5-14(4)10-13(2,3)11-8-6-7-9-12(11)14/h6-9H,5,10H2,1-4H3/t14-/m1/s1. The van der Waals surface area contributed by atoms with Crippen LogP contribution >= 0.6 is 0 Å². The van der Waals surface area contributed by atoms with Crippen LogP contribution in [-0.2, 0) is 10.8 Å². The maximum Gasteiger partial charge on any atom is -0.00667 e. The minimum atomic E-state index is 0.362. The first kappa shape index (κ1) is 9.76. The highest BCUT2D eigenvalue weighted by molar-refractivity contribution is 5.44. The summed E-state index contributed by atoms with van der Waals surface area (Å²) in [4.78, 5) is 0. The summed E-state index contributed by atoms with van der Waals surface area (Å²) in [6.07, 6.45) is 2.53. The zero-order valence-electron chi connectivity index (χ0n) is 9.72. The van der Waals surface area contributed by atoms with Crippen LogP contribution in [0.2, 0.25) is 0 Å². The van der Waals surface area contributed by atoms with E-state index in [1.54, 1.807) is 11.1 Å². The lowest BCUT2D eigenvalue weighted by atomic mass is 9.78. The van der Waals surface area contributed by atoms with Crippen molar-refractivity contribution in [2.24, 2.45) is 0 Å². The minimum Gasteiger partial charge on any atom is -0.0645 e. The maximum absolute atomic E-state index is 2.40. The largest absolute Gasteiger partial charge is 0.0645 e. The number of hydrogen-bond donors (Lipinski definition) is 0. The van der Waals surface area contributed by atoms with Crippen LogP contribution in [0, 0.1) is 0 Å². The summed E-state index contributed by atoms with van der Waals surface area (Å²) in [5.41, 5.74) is 3.90. The molecule has 14 heavy (non-hydrogen) atoms. The molecule has 0 unspecified atom stereocenters. The molecule has 1 aliphatic carbocycles. The Bertz CT molecular complexity index is 349. The van der Waals surface area contributed by atoms with E-state index in [0.717, 1.165) is 0 Å². The van der Waals surface area contributed by atoms with E-state index in [0.29, 0.717) is 10.8 Å². The van der Waals surface area contributed by atoms with Crippen LogP contribution in [0.1, 0.15) is 51.7 Å². The highest BCUT2D eigenvalue weighted by atomic mass is 14.5. The lowest BCUT2D eigenvalue weighted by Gasteiger charge is -2.25. The lowest BCUT2D eigenvalue weighted by Crippen LogP contribution is -2.20. The van der Waals surface area contributed by atoms with Gasteiger partial charge in [0.1, 0.15) is 0 Å².